The molecule has 0 atom stereocenters. The summed E-state index contributed by atoms with van der Waals surface area (Å²) in [4.78, 5) is 0. The molecule has 0 amide bonds. The van der Waals surface area contributed by atoms with Crippen molar-refractivity contribution < 1.29 is 4.74 Å². The Balaban J connectivity index is 2.99. The molecule has 0 saturated carbocycles. The van der Waals surface area contributed by atoms with Crippen molar-refractivity contribution >= 4 is 0 Å². The fourth-order valence-corrected chi connectivity index (χ4v) is 1.72. The van der Waals surface area contributed by atoms with Gasteiger partial charge in [0.15, 0.2) is 0 Å². The van der Waals surface area contributed by atoms with E-state index in [1.54, 1.807) is 7.11 Å². The minimum Gasteiger partial charge on any atom is -0.378 e. The standard InChI is InChI=1S/C10H20N4O/c1-4-8(5-2)14-10(7-15-3)9(6-11)12-13-14/h8H,4-7,11H2,1-3H3. The van der Waals surface area contributed by atoms with Crippen LogP contribution in [-0.2, 0) is 17.9 Å². The first-order valence-corrected chi connectivity index (χ1v) is 5.40. The summed E-state index contributed by atoms with van der Waals surface area (Å²) in [5.41, 5.74) is 7.45. The monoisotopic (exact) mass is 212 g/mol. The van der Waals surface area contributed by atoms with E-state index in [0.717, 1.165) is 24.2 Å². The van der Waals surface area contributed by atoms with Crippen molar-refractivity contribution in [3.05, 3.63) is 11.4 Å². The average Bonchev–Trinajstić information content (AvgIpc) is 2.64. The molecule has 0 bridgehead atoms. The van der Waals surface area contributed by atoms with Gasteiger partial charge in [0.25, 0.3) is 0 Å². The Kier molecular flexibility index (Phi) is 4.71. The fourth-order valence-electron chi connectivity index (χ4n) is 1.72. The van der Waals surface area contributed by atoms with Crippen LogP contribution in [-0.4, -0.2) is 22.1 Å². The largest absolute Gasteiger partial charge is 0.378 e. The topological polar surface area (TPSA) is 66.0 Å². The van der Waals surface area contributed by atoms with Crippen LogP contribution in [0.3, 0.4) is 0 Å². The lowest BCUT2D eigenvalue weighted by Gasteiger charge is -2.15. The predicted molar refractivity (Wildman–Crippen MR) is 58.2 cm³/mol. The summed E-state index contributed by atoms with van der Waals surface area (Å²) >= 11 is 0. The molecule has 0 spiro atoms. The van der Waals surface area contributed by atoms with E-state index < -0.39 is 0 Å². The number of rotatable bonds is 6. The summed E-state index contributed by atoms with van der Waals surface area (Å²) in [6, 6.07) is 0.392. The molecule has 1 aromatic heterocycles. The Hall–Kier alpha value is -0.940. The lowest BCUT2D eigenvalue weighted by molar-refractivity contribution is 0.172. The number of ether oxygens (including phenoxy) is 1. The Morgan fingerprint density at radius 1 is 1.40 bits per heavy atom. The van der Waals surface area contributed by atoms with E-state index in [2.05, 4.69) is 24.2 Å². The summed E-state index contributed by atoms with van der Waals surface area (Å²) in [6.45, 7) is 5.23. The van der Waals surface area contributed by atoms with Crippen molar-refractivity contribution in [3.8, 4) is 0 Å². The van der Waals surface area contributed by atoms with E-state index in [4.69, 9.17) is 10.5 Å². The van der Waals surface area contributed by atoms with Crippen LogP contribution in [0.25, 0.3) is 0 Å². The molecule has 0 fully saturated rings. The van der Waals surface area contributed by atoms with Crippen molar-refractivity contribution in [2.75, 3.05) is 7.11 Å². The minimum atomic E-state index is 0.392. The van der Waals surface area contributed by atoms with Gasteiger partial charge in [0, 0.05) is 13.7 Å². The normalized spacial score (nSPS) is 11.3. The van der Waals surface area contributed by atoms with Gasteiger partial charge in [0.05, 0.1) is 18.3 Å². The van der Waals surface area contributed by atoms with E-state index >= 15 is 0 Å². The number of nitrogens with two attached hydrogens (primary N) is 1. The summed E-state index contributed by atoms with van der Waals surface area (Å²) in [7, 11) is 1.67. The summed E-state index contributed by atoms with van der Waals surface area (Å²) in [6.07, 6.45) is 2.08. The molecule has 0 aromatic carbocycles. The van der Waals surface area contributed by atoms with Crippen LogP contribution >= 0.6 is 0 Å². The molecule has 0 saturated heterocycles. The second-order valence-electron chi connectivity index (χ2n) is 3.53. The second-order valence-corrected chi connectivity index (χ2v) is 3.53. The van der Waals surface area contributed by atoms with Crippen LogP contribution in [0.2, 0.25) is 0 Å². The van der Waals surface area contributed by atoms with E-state index in [1.165, 1.54) is 0 Å². The van der Waals surface area contributed by atoms with E-state index in [9.17, 15) is 0 Å². The first-order chi connectivity index (χ1) is 7.28. The van der Waals surface area contributed by atoms with Crippen LogP contribution in [0.4, 0.5) is 0 Å². The molecule has 0 aliphatic carbocycles. The van der Waals surface area contributed by atoms with Gasteiger partial charge in [-0.15, -0.1) is 5.10 Å². The predicted octanol–water partition coefficient (Wildman–Crippen LogP) is 1.24. The van der Waals surface area contributed by atoms with Crippen molar-refractivity contribution in [2.24, 2.45) is 5.73 Å². The molecular formula is C10H20N4O. The maximum atomic E-state index is 5.61. The second kappa shape index (κ2) is 5.82. The zero-order valence-corrected chi connectivity index (χ0v) is 9.73. The number of methoxy groups -OCH3 is 1. The van der Waals surface area contributed by atoms with Gasteiger partial charge in [0.2, 0.25) is 0 Å². The van der Waals surface area contributed by atoms with Crippen LogP contribution in [0.5, 0.6) is 0 Å². The van der Waals surface area contributed by atoms with Gasteiger partial charge in [0.1, 0.15) is 5.69 Å². The Morgan fingerprint density at radius 2 is 2.07 bits per heavy atom. The van der Waals surface area contributed by atoms with Crippen molar-refractivity contribution in [1.82, 2.24) is 15.0 Å². The van der Waals surface area contributed by atoms with Crippen LogP contribution < -0.4 is 5.73 Å². The highest BCUT2D eigenvalue weighted by atomic mass is 16.5. The van der Waals surface area contributed by atoms with E-state index in [1.807, 2.05) is 4.68 Å². The SMILES string of the molecule is CCC(CC)n1nnc(CN)c1COC. The molecular weight excluding hydrogens is 192 g/mol. The summed E-state index contributed by atoms with van der Waals surface area (Å²) in [5, 5.41) is 8.23. The van der Waals surface area contributed by atoms with Crippen molar-refractivity contribution in [3.63, 3.8) is 0 Å². The van der Waals surface area contributed by atoms with Gasteiger partial charge in [-0.05, 0) is 12.8 Å². The third-order valence-electron chi connectivity index (χ3n) is 2.63. The minimum absolute atomic E-state index is 0.392. The average molecular weight is 212 g/mol. The quantitative estimate of drug-likeness (QED) is 0.770. The molecule has 5 heteroatoms. The highest BCUT2D eigenvalue weighted by Gasteiger charge is 2.16. The highest BCUT2D eigenvalue weighted by Crippen LogP contribution is 2.18. The molecule has 1 heterocycles. The van der Waals surface area contributed by atoms with Gasteiger partial charge in [-0.2, -0.15) is 0 Å². The molecule has 0 aliphatic rings. The Labute approximate surface area is 90.6 Å². The lowest BCUT2D eigenvalue weighted by Crippen LogP contribution is -2.14. The smallest absolute Gasteiger partial charge is 0.102 e. The van der Waals surface area contributed by atoms with Gasteiger partial charge >= 0.3 is 0 Å². The van der Waals surface area contributed by atoms with E-state index in [-0.39, 0.29) is 0 Å². The molecule has 0 aliphatic heterocycles. The van der Waals surface area contributed by atoms with Crippen LogP contribution in [0, 0.1) is 0 Å². The number of hydrogen-bond acceptors (Lipinski definition) is 4. The van der Waals surface area contributed by atoms with Gasteiger partial charge < -0.3 is 10.5 Å². The van der Waals surface area contributed by atoms with Crippen LogP contribution in [0.15, 0.2) is 0 Å². The molecule has 86 valence electrons. The zero-order chi connectivity index (χ0) is 11.3. The highest BCUT2D eigenvalue weighted by molar-refractivity contribution is 5.09. The maximum Gasteiger partial charge on any atom is 0.102 e. The molecule has 15 heavy (non-hydrogen) atoms. The first-order valence-electron chi connectivity index (χ1n) is 5.40. The maximum absolute atomic E-state index is 5.61. The van der Waals surface area contributed by atoms with Gasteiger partial charge in [-0.25, -0.2) is 4.68 Å². The lowest BCUT2D eigenvalue weighted by atomic mass is 10.1. The van der Waals surface area contributed by atoms with E-state index in [0.29, 0.717) is 19.2 Å². The molecule has 2 N–H and O–H groups in total. The summed E-state index contributed by atoms with van der Waals surface area (Å²) in [5.74, 6) is 0. The number of hydrogen-bond donors (Lipinski definition) is 1. The Morgan fingerprint density at radius 3 is 2.53 bits per heavy atom. The molecule has 0 radical (unpaired) electrons. The first kappa shape index (κ1) is 12.1. The fraction of sp³-hybridized carbons (Fsp3) is 0.800. The third kappa shape index (κ3) is 2.54. The molecule has 5 nitrogen and oxygen atoms in total. The van der Waals surface area contributed by atoms with Crippen molar-refractivity contribution in [2.45, 2.75) is 45.9 Å². The number of aromatic nitrogens is 3. The Bertz CT molecular complexity index is 294. The van der Waals surface area contributed by atoms with Gasteiger partial charge in [-0.3, -0.25) is 0 Å². The van der Waals surface area contributed by atoms with Gasteiger partial charge in [-0.1, -0.05) is 19.1 Å². The summed E-state index contributed by atoms with van der Waals surface area (Å²) < 4.78 is 7.10. The third-order valence-corrected chi connectivity index (χ3v) is 2.63. The van der Waals surface area contributed by atoms with Crippen LogP contribution in [0.1, 0.15) is 44.1 Å². The zero-order valence-electron chi connectivity index (χ0n) is 9.73. The molecule has 1 rings (SSSR count). The molecule has 0 unspecified atom stereocenters. The number of nitrogens with zero attached hydrogens (tertiary/aromatic N) is 3. The molecule has 1 aromatic rings. The van der Waals surface area contributed by atoms with Crippen molar-refractivity contribution in [1.29, 1.82) is 0 Å².